The van der Waals surface area contributed by atoms with Gasteiger partial charge in [-0.1, -0.05) is 26.0 Å². The maximum atomic E-state index is 4.68. The number of likely N-dealkylation sites (N-methyl/N-ethyl adjacent to an activating group) is 1. The van der Waals surface area contributed by atoms with E-state index in [1.807, 2.05) is 18.6 Å². The number of allylic oxidation sites excluding steroid dienone is 1. The van der Waals surface area contributed by atoms with Crippen LogP contribution in [0.4, 0.5) is 11.4 Å². The summed E-state index contributed by atoms with van der Waals surface area (Å²) >= 11 is 0. The van der Waals surface area contributed by atoms with Crippen molar-refractivity contribution in [3.05, 3.63) is 67.3 Å². The highest BCUT2D eigenvalue weighted by Crippen LogP contribution is 2.34. The fourth-order valence-electron chi connectivity index (χ4n) is 5.09. The predicted octanol–water partition coefficient (Wildman–Crippen LogP) is 5.65. The number of aromatic nitrogens is 5. The molecule has 0 spiro atoms. The molecular weight excluding hydrogens is 460 g/mol. The highest BCUT2D eigenvalue weighted by atomic mass is 15.2. The molecule has 3 N–H and O–H groups in total. The zero-order valence-corrected chi connectivity index (χ0v) is 21.4. The second-order valence-corrected chi connectivity index (χ2v) is 9.84. The van der Waals surface area contributed by atoms with Crippen molar-refractivity contribution >= 4 is 33.2 Å². The Balaban J connectivity index is 1.35. The number of H-pyrrole nitrogens is 2. The van der Waals surface area contributed by atoms with Crippen LogP contribution < -0.4 is 10.2 Å². The number of fused-ring (bicyclic) bond motifs is 2. The maximum absolute atomic E-state index is 4.68. The zero-order valence-electron chi connectivity index (χ0n) is 21.4. The lowest BCUT2D eigenvalue weighted by Gasteiger charge is -2.34. The van der Waals surface area contributed by atoms with Gasteiger partial charge in [-0.05, 0) is 43.8 Å². The first-order valence-electron chi connectivity index (χ1n) is 12.9. The molecule has 1 saturated heterocycles. The number of piperazine rings is 1. The minimum Gasteiger partial charge on any atom is -0.368 e. The van der Waals surface area contributed by atoms with Gasteiger partial charge in [-0.2, -0.15) is 5.10 Å². The molecule has 1 aliphatic rings. The first-order valence-corrected chi connectivity index (χ1v) is 12.9. The molecule has 0 unspecified atom stereocenters. The Hall–Kier alpha value is -4.17. The Bertz CT molecular complexity index is 1570. The normalized spacial score (nSPS) is 14.5. The molecule has 5 heterocycles. The number of nitrogens with zero attached hydrogens (tertiary/aromatic N) is 5. The van der Waals surface area contributed by atoms with Crippen molar-refractivity contribution < 1.29 is 0 Å². The quantitative estimate of drug-likeness (QED) is 0.272. The summed E-state index contributed by atoms with van der Waals surface area (Å²) < 4.78 is 0. The Morgan fingerprint density at radius 2 is 1.89 bits per heavy atom. The van der Waals surface area contributed by atoms with Gasteiger partial charge in [0, 0.05) is 65.6 Å². The van der Waals surface area contributed by atoms with Crippen molar-refractivity contribution in [2.24, 2.45) is 0 Å². The van der Waals surface area contributed by atoms with Gasteiger partial charge < -0.3 is 20.1 Å². The smallest absolute Gasteiger partial charge is 0.116 e. The molecule has 0 bridgehead atoms. The van der Waals surface area contributed by atoms with Crippen molar-refractivity contribution in [3.8, 4) is 22.6 Å². The summed E-state index contributed by atoms with van der Waals surface area (Å²) in [5, 5.41) is 13.4. The van der Waals surface area contributed by atoms with Crippen LogP contribution >= 0.6 is 0 Å². The van der Waals surface area contributed by atoms with Crippen LogP contribution in [0.2, 0.25) is 0 Å². The van der Waals surface area contributed by atoms with Gasteiger partial charge >= 0.3 is 0 Å². The monoisotopic (exact) mass is 492 g/mol. The van der Waals surface area contributed by atoms with E-state index >= 15 is 0 Å². The van der Waals surface area contributed by atoms with Crippen LogP contribution in [0, 0.1) is 0 Å². The van der Waals surface area contributed by atoms with Crippen LogP contribution in [0.3, 0.4) is 0 Å². The molecule has 4 aromatic heterocycles. The lowest BCUT2D eigenvalue weighted by Crippen LogP contribution is -2.44. The number of hydrogen-bond donors (Lipinski definition) is 3. The van der Waals surface area contributed by atoms with Crippen molar-refractivity contribution in [3.63, 3.8) is 0 Å². The third-order valence-electron chi connectivity index (χ3n) is 7.09. The molecule has 0 radical (unpaired) electrons. The van der Waals surface area contributed by atoms with Gasteiger partial charge in [0.1, 0.15) is 5.69 Å². The summed E-state index contributed by atoms with van der Waals surface area (Å²) in [5.74, 6) is 0. The standard InChI is InChI=1S/C29H32N8/c1-4-6-19(2)32-21-13-20(16-30-17-21)25-15-23-27(18-31-25)34-35-29(23)26-14-22-24(33-26)7-5-8-28(22)37-11-9-36(3)10-12-37/h5,7-8,13-18,32-33H,2,4,6,9-12H2,1,3H3,(H,34,35). The van der Waals surface area contributed by atoms with E-state index in [1.165, 1.54) is 11.1 Å². The Kier molecular flexibility index (Phi) is 6.10. The van der Waals surface area contributed by atoms with Crippen LogP contribution in [0.5, 0.6) is 0 Å². The highest BCUT2D eigenvalue weighted by Gasteiger charge is 2.19. The number of nitrogens with one attached hydrogen (secondary N) is 3. The van der Waals surface area contributed by atoms with E-state index in [0.717, 1.165) is 89.5 Å². The number of rotatable bonds is 7. The second-order valence-electron chi connectivity index (χ2n) is 9.84. The summed E-state index contributed by atoms with van der Waals surface area (Å²) in [7, 11) is 2.18. The molecule has 37 heavy (non-hydrogen) atoms. The third-order valence-corrected chi connectivity index (χ3v) is 7.09. The lowest BCUT2D eigenvalue weighted by molar-refractivity contribution is 0.313. The van der Waals surface area contributed by atoms with Crippen molar-refractivity contribution in [2.75, 3.05) is 43.4 Å². The molecule has 5 aromatic rings. The summed E-state index contributed by atoms with van der Waals surface area (Å²) in [6, 6.07) is 12.9. The minimum atomic E-state index is 0.849. The van der Waals surface area contributed by atoms with Gasteiger partial charge in [0.2, 0.25) is 0 Å². The molecule has 1 fully saturated rings. The fraction of sp³-hybridized carbons (Fsp3) is 0.276. The van der Waals surface area contributed by atoms with Crippen LogP contribution in [0.25, 0.3) is 44.5 Å². The molecule has 0 saturated carbocycles. The Morgan fingerprint density at radius 3 is 2.73 bits per heavy atom. The molecule has 0 aliphatic carbocycles. The Morgan fingerprint density at radius 1 is 1.03 bits per heavy atom. The molecule has 0 amide bonds. The molecule has 8 heteroatoms. The van der Waals surface area contributed by atoms with Crippen LogP contribution in [0.15, 0.2) is 67.3 Å². The second kappa shape index (κ2) is 9.71. The van der Waals surface area contributed by atoms with Gasteiger partial charge in [-0.15, -0.1) is 0 Å². The molecule has 6 rings (SSSR count). The molecule has 0 atom stereocenters. The maximum Gasteiger partial charge on any atom is 0.116 e. The number of benzene rings is 1. The van der Waals surface area contributed by atoms with Crippen LogP contribution in [0.1, 0.15) is 19.8 Å². The van der Waals surface area contributed by atoms with Gasteiger partial charge in [0.15, 0.2) is 0 Å². The third kappa shape index (κ3) is 4.56. The van der Waals surface area contributed by atoms with Crippen molar-refractivity contribution in [2.45, 2.75) is 19.8 Å². The van der Waals surface area contributed by atoms with E-state index in [1.54, 1.807) is 0 Å². The first kappa shape index (κ1) is 23.2. The molecule has 1 aromatic carbocycles. The minimum absolute atomic E-state index is 0.849. The van der Waals surface area contributed by atoms with E-state index < -0.39 is 0 Å². The summed E-state index contributed by atoms with van der Waals surface area (Å²) in [4.78, 5) is 17.6. The largest absolute Gasteiger partial charge is 0.368 e. The van der Waals surface area contributed by atoms with E-state index in [2.05, 4.69) is 97.2 Å². The van der Waals surface area contributed by atoms with Gasteiger partial charge in [-0.3, -0.25) is 15.1 Å². The van der Waals surface area contributed by atoms with E-state index in [9.17, 15) is 0 Å². The Labute approximate surface area is 216 Å². The zero-order chi connectivity index (χ0) is 25.4. The SMILES string of the molecule is C=C(CCC)Nc1cncc(-c2cc3c(-c4cc5c(N6CCN(C)CC6)cccc5[nH]4)n[nH]c3cn2)c1. The number of pyridine rings is 2. The van der Waals surface area contributed by atoms with E-state index in [0.29, 0.717) is 0 Å². The topological polar surface area (TPSA) is 88.8 Å². The van der Waals surface area contributed by atoms with Crippen LogP contribution in [-0.2, 0) is 0 Å². The van der Waals surface area contributed by atoms with Gasteiger partial charge in [0.05, 0.1) is 35.0 Å². The average Bonchev–Trinajstić information content (AvgIpc) is 3.53. The van der Waals surface area contributed by atoms with Crippen LogP contribution in [-0.4, -0.2) is 63.3 Å². The number of anilines is 2. The summed E-state index contributed by atoms with van der Waals surface area (Å²) in [5.41, 5.74) is 8.85. The van der Waals surface area contributed by atoms with Gasteiger partial charge in [-0.25, -0.2) is 0 Å². The van der Waals surface area contributed by atoms with Crippen molar-refractivity contribution in [1.82, 2.24) is 30.0 Å². The van der Waals surface area contributed by atoms with Gasteiger partial charge in [0.25, 0.3) is 0 Å². The predicted molar refractivity (Wildman–Crippen MR) is 152 cm³/mol. The molecule has 1 aliphatic heterocycles. The summed E-state index contributed by atoms with van der Waals surface area (Å²) in [6.07, 6.45) is 7.47. The van der Waals surface area contributed by atoms with Crippen molar-refractivity contribution in [1.29, 1.82) is 0 Å². The molecule has 188 valence electrons. The number of hydrogen-bond acceptors (Lipinski definition) is 6. The molecular formula is C29H32N8. The highest BCUT2D eigenvalue weighted by molar-refractivity contribution is 6.00. The number of aromatic amines is 2. The summed E-state index contributed by atoms with van der Waals surface area (Å²) in [6.45, 7) is 10.5. The average molecular weight is 493 g/mol. The fourth-order valence-corrected chi connectivity index (χ4v) is 5.09. The van der Waals surface area contributed by atoms with E-state index in [4.69, 9.17) is 0 Å². The lowest BCUT2D eigenvalue weighted by atomic mass is 10.1. The van der Waals surface area contributed by atoms with E-state index in [-0.39, 0.29) is 0 Å². The first-order chi connectivity index (χ1) is 18.1. The molecule has 8 nitrogen and oxygen atoms in total.